The first-order chi connectivity index (χ1) is 12.4. The molecule has 0 radical (unpaired) electrons. The van der Waals surface area contributed by atoms with E-state index < -0.39 is 0 Å². The highest BCUT2D eigenvalue weighted by atomic mass is 32.1. The van der Waals surface area contributed by atoms with E-state index in [1.807, 2.05) is 11.3 Å². The third-order valence-corrected chi connectivity index (χ3v) is 6.58. The van der Waals surface area contributed by atoms with E-state index in [2.05, 4.69) is 59.5 Å². The van der Waals surface area contributed by atoms with Crippen LogP contribution in [0.4, 0.5) is 0 Å². The summed E-state index contributed by atoms with van der Waals surface area (Å²) in [7, 11) is 0. The maximum atomic E-state index is 5.03. The maximum absolute atomic E-state index is 5.03. The van der Waals surface area contributed by atoms with Crippen molar-refractivity contribution in [1.82, 2.24) is 9.88 Å². The predicted molar refractivity (Wildman–Crippen MR) is 104 cm³/mol. The summed E-state index contributed by atoms with van der Waals surface area (Å²) in [4.78, 5) is 9.14. The molecule has 0 saturated carbocycles. The molecule has 2 aliphatic rings. The number of likely N-dealkylation sites (tertiary alicyclic amines) is 1. The Kier molecular flexibility index (Phi) is 3.91. The van der Waals surface area contributed by atoms with Gasteiger partial charge in [0.1, 0.15) is 0 Å². The molecule has 1 aliphatic heterocycles. The highest BCUT2D eigenvalue weighted by Gasteiger charge is 2.28. The van der Waals surface area contributed by atoms with E-state index in [9.17, 15) is 0 Å². The molecule has 1 atom stereocenters. The summed E-state index contributed by atoms with van der Waals surface area (Å²) >= 11 is 1.94. The lowest BCUT2D eigenvalue weighted by atomic mass is 10.1. The fraction of sp³-hybridized carbons (Fsp3) is 0.318. The first kappa shape index (κ1) is 15.3. The summed E-state index contributed by atoms with van der Waals surface area (Å²) < 4.78 is 0. The molecule has 0 bridgehead atoms. The Hall–Kier alpha value is -1.97. The second-order valence-corrected chi connectivity index (χ2v) is 8.34. The zero-order valence-corrected chi connectivity index (χ0v) is 15.1. The molecule has 2 aromatic carbocycles. The third-order valence-electron chi connectivity index (χ3n) is 5.50. The van der Waals surface area contributed by atoms with Crippen molar-refractivity contribution in [1.29, 1.82) is 0 Å². The SMILES string of the molecule is c1ccc(CN2CCCC2Cc2nc3c(s2)Cc2ccccc2-3)cc1. The highest BCUT2D eigenvalue weighted by molar-refractivity contribution is 7.12. The van der Waals surface area contributed by atoms with Crippen LogP contribution >= 0.6 is 11.3 Å². The zero-order valence-electron chi connectivity index (χ0n) is 14.3. The Labute approximate surface area is 153 Å². The van der Waals surface area contributed by atoms with Gasteiger partial charge >= 0.3 is 0 Å². The van der Waals surface area contributed by atoms with Gasteiger partial charge in [0.25, 0.3) is 0 Å². The number of thiazole rings is 1. The second kappa shape index (κ2) is 6.40. The molecule has 0 spiro atoms. The fourth-order valence-corrected chi connectivity index (χ4v) is 5.43. The molecule has 5 rings (SSSR count). The van der Waals surface area contributed by atoms with Crippen molar-refractivity contribution in [2.24, 2.45) is 0 Å². The zero-order chi connectivity index (χ0) is 16.6. The first-order valence-corrected chi connectivity index (χ1v) is 10.0. The van der Waals surface area contributed by atoms with Crippen LogP contribution in [0, 0.1) is 0 Å². The van der Waals surface area contributed by atoms with Crippen molar-refractivity contribution >= 4 is 11.3 Å². The molecular weight excluding hydrogens is 324 g/mol. The quantitative estimate of drug-likeness (QED) is 0.521. The predicted octanol–water partition coefficient (Wildman–Crippen LogP) is 4.92. The van der Waals surface area contributed by atoms with Crippen molar-refractivity contribution in [3.05, 3.63) is 75.6 Å². The summed E-state index contributed by atoms with van der Waals surface area (Å²) in [5, 5.41) is 1.32. The van der Waals surface area contributed by atoms with E-state index in [1.54, 1.807) is 0 Å². The summed E-state index contributed by atoms with van der Waals surface area (Å²) in [5.41, 5.74) is 5.47. The highest BCUT2D eigenvalue weighted by Crippen LogP contribution is 2.40. The van der Waals surface area contributed by atoms with Gasteiger partial charge in [0.2, 0.25) is 0 Å². The Morgan fingerprint density at radius 3 is 2.80 bits per heavy atom. The minimum absolute atomic E-state index is 0.640. The molecule has 1 unspecified atom stereocenters. The maximum Gasteiger partial charge on any atom is 0.0951 e. The Bertz CT molecular complexity index is 884. The van der Waals surface area contributed by atoms with Gasteiger partial charge in [-0.1, -0.05) is 54.6 Å². The summed E-state index contributed by atoms with van der Waals surface area (Å²) in [5.74, 6) is 0. The number of hydrogen-bond acceptors (Lipinski definition) is 3. The van der Waals surface area contributed by atoms with Gasteiger partial charge in [-0.25, -0.2) is 4.98 Å². The smallest absolute Gasteiger partial charge is 0.0951 e. The number of rotatable bonds is 4. The number of fused-ring (bicyclic) bond motifs is 3. The van der Waals surface area contributed by atoms with E-state index in [0.717, 1.165) is 19.4 Å². The fourth-order valence-electron chi connectivity index (χ4n) is 4.25. The summed E-state index contributed by atoms with van der Waals surface area (Å²) in [6.45, 7) is 2.28. The van der Waals surface area contributed by atoms with Crippen molar-refractivity contribution in [2.75, 3.05) is 6.54 Å². The van der Waals surface area contributed by atoms with Gasteiger partial charge in [0, 0.05) is 35.9 Å². The van der Waals surface area contributed by atoms with Crippen LogP contribution in [0.15, 0.2) is 54.6 Å². The Morgan fingerprint density at radius 1 is 1.04 bits per heavy atom. The third kappa shape index (κ3) is 2.92. The van der Waals surface area contributed by atoms with Gasteiger partial charge in [-0.2, -0.15) is 0 Å². The largest absolute Gasteiger partial charge is 0.296 e. The van der Waals surface area contributed by atoms with E-state index >= 15 is 0 Å². The summed E-state index contributed by atoms with van der Waals surface area (Å²) in [6.07, 6.45) is 4.79. The van der Waals surface area contributed by atoms with Crippen molar-refractivity contribution < 1.29 is 0 Å². The van der Waals surface area contributed by atoms with Crippen LogP contribution in [-0.4, -0.2) is 22.5 Å². The lowest BCUT2D eigenvalue weighted by Gasteiger charge is -2.23. The molecule has 1 fully saturated rings. The number of aromatic nitrogens is 1. The van der Waals surface area contributed by atoms with Gasteiger partial charge in [-0.3, -0.25) is 4.90 Å². The van der Waals surface area contributed by atoms with Crippen LogP contribution in [-0.2, 0) is 19.4 Å². The van der Waals surface area contributed by atoms with E-state index in [1.165, 1.54) is 51.7 Å². The minimum atomic E-state index is 0.640. The number of benzene rings is 2. The van der Waals surface area contributed by atoms with E-state index in [-0.39, 0.29) is 0 Å². The molecule has 2 nitrogen and oxygen atoms in total. The summed E-state index contributed by atoms with van der Waals surface area (Å²) in [6, 6.07) is 20.2. The standard InChI is InChI=1S/C22H22N2S/c1-2-7-16(8-3-1)15-24-12-6-10-18(24)14-21-23-22-19-11-5-4-9-17(19)13-20(22)25-21/h1-5,7-9,11,18H,6,10,12-15H2. The molecule has 0 amide bonds. The van der Waals surface area contributed by atoms with Crippen LogP contribution in [0.2, 0.25) is 0 Å². The van der Waals surface area contributed by atoms with Gasteiger partial charge in [-0.15, -0.1) is 11.3 Å². The average molecular weight is 346 g/mol. The van der Waals surface area contributed by atoms with Crippen LogP contribution < -0.4 is 0 Å². The van der Waals surface area contributed by atoms with E-state index in [4.69, 9.17) is 4.98 Å². The molecule has 3 heteroatoms. The van der Waals surface area contributed by atoms with Crippen LogP contribution in [0.25, 0.3) is 11.3 Å². The second-order valence-electron chi connectivity index (χ2n) is 7.17. The van der Waals surface area contributed by atoms with Crippen molar-refractivity contribution in [3.8, 4) is 11.3 Å². The van der Waals surface area contributed by atoms with Crippen LogP contribution in [0.3, 0.4) is 0 Å². The average Bonchev–Trinajstić information content (AvgIpc) is 3.31. The van der Waals surface area contributed by atoms with Crippen molar-refractivity contribution in [2.45, 2.75) is 38.3 Å². The molecule has 1 aromatic heterocycles. The minimum Gasteiger partial charge on any atom is -0.296 e. The molecule has 1 saturated heterocycles. The lowest BCUT2D eigenvalue weighted by Crippen LogP contribution is -2.30. The van der Waals surface area contributed by atoms with Crippen LogP contribution in [0.5, 0.6) is 0 Å². The monoisotopic (exact) mass is 346 g/mol. The molecule has 0 N–H and O–H groups in total. The van der Waals surface area contributed by atoms with E-state index in [0.29, 0.717) is 6.04 Å². The topological polar surface area (TPSA) is 16.1 Å². The van der Waals surface area contributed by atoms with Gasteiger partial charge in [0.15, 0.2) is 0 Å². The van der Waals surface area contributed by atoms with Gasteiger partial charge < -0.3 is 0 Å². The van der Waals surface area contributed by atoms with Crippen LogP contribution in [0.1, 0.15) is 33.9 Å². The molecule has 2 heterocycles. The number of hydrogen-bond donors (Lipinski definition) is 0. The molecular formula is C22H22N2S. The normalized spacial score (nSPS) is 19.1. The first-order valence-electron chi connectivity index (χ1n) is 9.21. The molecule has 1 aliphatic carbocycles. The molecule has 3 aromatic rings. The Morgan fingerprint density at radius 2 is 1.88 bits per heavy atom. The molecule has 126 valence electrons. The number of nitrogens with zero attached hydrogens (tertiary/aromatic N) is 2. The van der Waals surface area contributed by atoms with Gasteiger partial charge in [-0.05, 0) is 30.5 Å². The molecule has 25 heavy (non-hydrogen) atoms. The Balaban J connectivity index is 1.33. The van der Waals surface area contributed by atoms with Gasteiger partial charge in [0.05, 0.1) is 10.7 Å². The van der Waals surface area contributed by atoms with Crippen molar-refractivity contribution in [3.63, 3.8) is 0 Å². The lowest BCUT2D eigenvalue weighted by molar-refractivity contribution is 0.244.